The van der Waals surface area contributed by atoms with Crippen LogP contribution in [0, 0.1) is 5.92 Å². The molecule has 0 rings (SSSR count). The van der Waals surface area contributed by atoms with E-state index in [2.05, 4.69) is 41.7 Å². The highest BCUT2D eigenvalue weighted by molar-refractivity contribution is 14.0. The Morgan fingerprint density at radius 3 is 2.41 bits per heavy atom. The van der Waals surface area contributed by atoms with E-state index in [4.69, 9.17) is 4.74 Å². The average molecular weight is 428 g/mol. The average Bonchev–Trinajstić information content (AvgIpc) is 2.43. The first-order chi connectivity index (χ1) is 9.99. The Morgan fingerprint density at radius 1 is 1.18 bits per heavy atom. The van der Waals surface area contributed by atoms with Crippen molar-refractivity contribution in [3.63, 3.8) is 0 Å². The summed E-state index contributed by atoms with van der Waals surface area (Å²) >= 11 is 0. The van der Waals surface area contributed by atoms with Crippen molar-refractivity contribution in [2.75, 3.05) is 33.9 Å². The van der Waals surface area contributed by atoms with Crippen molar-refractivity contribution in [1.82, 2.24) is 16.0 Å². The Morgan fingerprint density at radius 2 is 1.86 bits per heavy atom. The summed E-state index contributed by atoms with van der Waals surface area (Å²) in [7, 11) is 3.32. The maximum Gasteiger partial charge on any atom is 0.239 e. The molecule has 0 saturated carbocycles. The van der Waals surface area contributed by atoms with Crippen LogP contribution in [0.2, 0.25) is 0 Å². The van der Waals surface area contributed by atoms with Gasteiger partial charge in [0.25, 0.3) is 0 Å². The summed E-state index contributed by atoms with van der Waals surface area (Å²) in [6.07, 6.45) is 3.53. The lowest BCUT2D eigenvalue weighted by Gasteiger charge is -2.18. The maximum atomic E-state index is 11.6. The van der Waals surface area contributed by atoms with Crippen molar-refractivity contribution in [3.8, 4) is 0 Å². The molecule has 7 heteroatoms. The number of carbonyl (C=O) groups is 1. The number of aliphatic imine (C=N–C) groups is 1. The van der Waals surface area contributed by atoms with Crippen LogP contribution in [0.15, 0.2) is 4.99 Å². The van der Waals surface area contributed by atoms with Gasteiger partial charge in [0.05, 0.1) is 13.2 Å². The third-order valence-electron chi connectivity index (χ3n) is 3.07. The van der Waals surface area contributed by atoms with Gasteiger partial charge in [0.2, 0.25) is 5.91 Å². The van der Waals surface area contributed by atoms with E-state index in [-0.39, 0.29) is 36.4 Å². The van der Waals surface area contributed by atoms with E-state index in [1.54, 1.807) is 14.2 Å². The van der Waals surface area contributed by atoms with Crippen LogP contribution >= 0.6 is 24.0 Å². The molecule has 0 bridgehead atoms. The second-order valence-electron chi connectivity index (χ2n) is 5.64. The number of nitrogens with one attached hydrogen (secondary N) is 3. The zero-order valence-electron chi connectivity index (χ0n) is 14.6. The lowest BCUT2D eigenvalue weighted by atomic mass is 10.0. The zero-order valence-corrected chi connectivity index (χ0v) is 16.9. The molecule has 1 amide bonds. The zero-order chi connectivity index (χ0) is 16.1. The minimum Gasteiger partial charge on any atom is -0.383 e. The molecule has 0 aliphatic carbocycles. The Bertz CT molecular complexity index is 312. The Labute approximate surface area is 152 Å². The predicted octanol–water partition coefficient (Wildman–Crippen LogP) is 1.75. The van der Waals surface area contributed by atoms with Crippen molar-refractivity contribution < 1.29 is 9.53 Å². The Hall–Kier alpha value is -0.570. The van der Waals surface area contributed by atoms with Crippen LogP contribution in [0.25, 0.3) is 0 Å². The molecule has 132 valence electrons. The highest BCUT2D eigenvalue weighted by Gasteiger charge is 2.07. The molecule has 0 saturated heterocycles. The molecule has 3 N–H and O–H groups in total. The molecular formula is C15H33IN4O2. The van der Waals surface area contributed by atoms with E-state index < -0.39 is 0 Å². The van der Waals surface area contributed by atoms with Gasteiger partial charge in [-0.05, 0) is 19.3 Å². The quantitative estimate of drug-likeness (QED) is 0.215. The van der Waals surface area contributed by atoms with Gasteiger partial charge in [-0.3, -0.25) is 9.79 Å². The fourth-order valence-electron chi connectivity index (χ4n) is 1.85. The highest BCUT2D eigenvalue weighted by Crippen LogP contribution is 2.07. The van der Waals surface area contributed by atoms with Crippen LogP contribution in [0.5, 0.6) is 0 Å². The normalized spacial score (nSPS) is 12.5. The second kappa shape index (κ2) is 15.3. The fraction of sp³-hybridized carbons (Fsp3) is 0.867. The third kappa shape index (κ3) is 14.4. The molecule has 1 atom stereocenters. The first-order valence-corrected chi connectivity index (χ1v) is 7.72. The summed E-state index contributed by atoms with van der Waals surface area (Å²) < 4.78 is 4.87. The van der Waals surface area contributed by atoms with Crippen molar-refractivity contribution in [2.45, 2.75) is 46.1 Å². The van der Waals surface area contributed by atoms with Gasteiger partial charge in [-0.2, -0.15) is 0 Å². The largest absolute Gasteiger partial charge is 0.383 e. The number of halogens is 1. The van der Waals surface area contributed by atoms with Crippen molar-refractivity contribution in [1.29, 1.82) is 0 Å². The van der Waals surface area contributed by atoms with E-state index in [1.807, 2.05) is 0 Å². The van der Waals surface area contributed by atoms with E-state index in [9.17, 15) is 4.79 Å². The first kappa shape index (κ1) is 23.7. The topological polar surface area (TPSA) is 74.8 Å². The highest BCUT2D eigenvalue weighted by atomic mass is 127. The van der Waals surface area contributed by atoms with Crippen LogP contribution in [-0.4, -0.2) is 51.8 Å². The lowest BCUT2D eigenvalue weighted by Crippen LogP contribution is -2.46. The number of carbonyl (C=O) groups excluding carboxylic acids is 1. The Balaban J connectivity index is 0. The second-order valence-corrected chi connectivity index (χ2v) is 5.64. The van der Waals surface area contributed by atoms with Crippen LogP contribution in [0.3, 0.4) is 0 Å². The molecule has 0 spiro atoms. The monoisotopic (exact) mass is 428 g/mol. The number of hydrogen-bond acceptors (Lipinski definition) is 3. The number of amides is 1. The fourth-order valence-corrected chi connectivity index (χ4v) is 1.85. The molecule has 0 aliphatic rings. The molecule has 22 heavy (non-hydrogen) atoms. The number of ether oxygens (including phenoxy) is 1. The van der Waals surface area contributed by atoms with E-state index >= 15 is 0 Å². The summed E-state index contributed by atoms with van der Waals surface area (Å²) in [5.74, 6) is 1.34. The molecule has 0 aliphatic heterocycles. The van der Waals surface area contributed by atoms with Crippen LogP contribution in [-0.2, 0) is 9.53 Å². The minimum atomic E-state index is -0.0672. The lowest BCUT2D eigenvalue weighted by molar-refractivity contribution is -0.120. The molecule has 0 aromatic heterocycles. The van der Waals surface area contributed by atoms with Gasteiger partial charge in [-0.15, -0.1) is 24.0 Å². The summed E-state index contributed by atoms with van der Waals surface area (Å²) in [5.41, 5.74) is 0. The summed E-state index contributed by atoms with van der Waals surface area (Å²) in [4.78, 5) is 15.7. The minimum absolute atomic E-state index is 0. The van der Waals surface area contributed by atoms with Crippen LogP contribution in [0.4, 0.5) is 0 Å². The van der Waals surface area contributed by atoms with Gasteiger partial charge >= 0.3 is 0 Å². The summed E-state index contributed by atoms with van der Waals surface area (Å²) in [6, 6.07) is 0.339. The number of methoxy groups -OCH3 is 1. The molecule has 6 nitrogen and oxygen atoms in total. The summed E-state index contributed by atoms with van der Waals surface area (Å²) in [6.45, 7) is 7.86. The van der Waals surface area contributed by atoms with Gasteiger partial charge < -0.3 is 20.7 Å². The molecule has 0 aromatic rings. The van der Waals surface area contributed by atoms with E-state index in [0.29, 0.717) is 25.2 Å². The number of rotatable bonds is 10. The third-order valence-corrected chi connectivity index (χ3v) is 3.07. The molecule has 0 radical (unpaired) electrons. The van der Waals surface area contributed by atoms with Gasteiger partial charge in [-0.25, -0.2) is 0 Å². The Kier molecular flexibility index (Phi) is 16.5. The maximum absolute atomic E-state index is 11.6. The van der Waals surface area contributed by atoms with E-state index in [0.717, 1.165) is 12.3 Å². The van der Waals surface area contributed by atoms with Crippen molar-refractivity contribution in [2.24, 2.45) is 10.9 Å². The molecule has 0 heterocycles. The van der Waals surface area contributed by atoms with E-state index in [1.165, 1.54) is 12.8 Å². The van der Waals surface area contributed by atoms with Gasteiger partial charge in [0.15, 0.2) is 5.96 Å². The van der Waals surface area contributed by atoms with Crippen LogP contribution in [0.1, 0.15) is 40.0 Å². The first-order valence-electron chi connectivity index (χ1n) is 7.72. The van der Waals surface area contributed by atoms with Crippen molar-refractivity contribution in [3.05, 3.63) is 0 Å². The van der Waals surface area contributed by atoms with Gasteiger partial charge in [-0.1, -0.05) is 26.7 Å². The number of nitrogens with zero attached hydrogens (tertiary/aromatic N) is 1. The smallest absolute Gasteiger partial charge is 0.239 e. The molecule has 1 unspecified atom stereocenters. The number of hydrogen-bond donors (Lipinski definition) is 3. The predicted molar refractivity (Wildman–Crippen MR) is 103 cm³/mol. The molecular weight excluding hydrogens is 395 g/mol. The van der Waals surface area contributed by atoms with Gasteiger partial charge in [0.1, 0.15) is 0 Å². The standard InChI is InChI=1S/C15H32N4O2.HI/c1-12(2)7-6-8-13(3)19-15(16-4)18-11-14(20)17-9-10-21-5;/h12-13H,6-11H2,1-5H3,(H,17,20)(H2,16,18,19);1H. The molecule has 0 fully saturated rings. The van der Waals surface area contributed by atoms with Crippen molar-refractivity contribution >= 4 is 35.8 Å². The number of guanidine groups is 1. The van der Waals surface area contributed by atoms with Crippen LogP contribution < -0.4 is 16.0 Å². The van der Waals surface area contributed by atoms with Gasteiger partial charge in [0, 0.05) is 26.7 Å². The summed E-state index contributed by atoms with van der Waals surface area (Å²) in [5, 5.41) is 9.06. The molecule has 0 aromatic carbocycles. The SMILES string of the molecule is CN=C(NCC(=O)NCCOC)NC(C)CCCC(C)C.I.